The van der Waals surface area contributed by atoms with Crippen molar-refractivity contribution in [3.63, 3.8) is 0 Å². The third kappa shape index (κ3) is 1.50. The molecule has 1 N–H and O–H groups in total. The van der Waals surface area contributed by atoms with Gasteiger partial charge in [-0.1, -0.05) is 18.2 Å². The Morgan fingerprint density at radius 1 is 1.19 bits per heavy atom. The molecule has 1 atom stereocenters. The van der Waals surface area contributed by atoms with Crippen molar-refractivity contribution in [2.45, 2.75) is 12.8 Å². The molecule has 1 amide bonds. The van der Waals surface area contributed by atoms with E-state index in [9.17, 15) is 9.90 Å². The average Bonchev–Trinajstić information content (AvgIpc) is 3.44. The van der Waals surface area contributed by atoms with Crippen molar-refractivity contribution in [3.05, 3.63) is 75.5 Å². The van der Waals surface area contributed by atoms with E-state index in [1.807, 2.05) is 24.6 Å². The molecular formula is C26H16N3O2+. The molecule has 1 aromatic heterocycles. The Morgan fingerprint density at radius 2 is 2.13 bits per heavy atom. The van der Waals surface area contributed by atoms with Crippen molar-refractivity contribution in [2.75, 3.05) is 0 Å². The minimum atomic E-state index is -0.855. The molecule has 2 aromatic carbocycles. The molecule has 5 heterocycles. The normalized spacial score (nSPS) is 24.7. The lowest BCUT2D eigenvalue weighted by molar-refractivity contribution is 0.174. The summed E-state index contributed by atoms with van der Waals surface area (Å²) in [7, 11) is 0. The van der Waals surface area contributed by atoms with E-state index >= 15 is 0 Å². The Bertz CT molecular complexity index is 1710. The summed E-state index contributed by atoms with van der Waals surface area (Å²) in [5.41, 5.74) is 9.01. The number of nitrogens with zero attached hydrogens (tertiary/aromatic N) is 3. The zero-order valence-electron chi connectivity index (χ0n) is 16.5. The van der Waals surface area contributed by atoms with Gasteiger partial charge in [0.1, 0.15) is 11.2 Å². The highest BCUT2D eigenvalue weighted by Crippen LogP contribution is 2.61. The number of rotatable bonds is 0. The monoisotopic (exact) mass is 402 g/mol. The summed E-state index contributed by atoms with van der Waals surface area (Å²) in [5.74, 6) is 0. The lowest BCUT2D eigenvalue weighted by Crippen LogP contribution is -2.49. The van der Waals surface area contributed by atoms with Crippen LogP contribution in [-0.4, -0.2) is 22.0 Å². The number of quaternary nitrogens is 1. The lowest BCUT2D eigenvalue weighted by atomic mass is 9.94. The maximum atomic E-state index is 13.2. The molecule has 8 rings (SSSR count). The first-order valence-corrected chi connectivity index (χ1v) is 10.5. The van der Waals surface area contributed by atoms with E-state index in [0.29, 0.717) is 6.42 Å². The van der Waals surface area contributed by atoms with Crippen LogP contribution in [0.2, 0.25) is 0 Å². The van der Waals surface area contributed by atoms with Gasteiger partial charge in [0.15, 0.2) is 11.4 Å². The van der Waals surface area contributed by atoms with Gasteiger partial charge in [-0.25, -0.2) is 0 Å². The van der Waals surface area contributed by atoms with Crippen molar-refractivity contribution in [1.29, 1.82) is 0 Å². The molecule has 2 bridgehead atoms. The van der Waals surface area contributed by atoms with E-state index in [1.165, 1.54) is 5.56 Å². The fourth-order valence-electron chi connectivity index (χ4n) is 6.29. The largest absolute Gasteiger partial charge is 0.529 e. The number of hydrogen-bond acceptors (Lipinski definition) is 2. The second-order valence-electron chi connectivity index (χ2n) is 8.70. The van der Waals surface area contributed by atoms with Crippen LogP contribution in [0.1, 0.15) is 16.7 Å². The molecule has 0 fully saturated rings. The molecule has 0 spiro atoms. The second-order valence-corrected chi connectivity index (χ2v) is 8.70. The number of fused-ring (bicyclic) bond motifs is 8. The molecule has 31 heavy (non-hydrogen) atoms. The van der Waals surface area contributed by atoms with Crippen LogP contribution >= 0.6 is 0 Å². The quantitative estimate of drug-likeness (QED) is 0.580. The number of aromatic nitrogens is 1. The van der Waals surface area contributed by atoms with E-state index in [-0.39, 0.29) is 4.48 Å². The second kappa shape index (κ2) is 4.85. The SMILES string of the molecule is O=C(O)[N+]12/C3=C\C=C/n4c5c(c6c7c(c(c1c64)-c1ccc(cc12)C3)C=NC=7)CC=CC=5. The number of aliphatic imine (C=N–C) groups is 1. The summed E-state index contributed by atoms with van der Waals surface area (Å²) >= 11 is 0. The van der Waals surface area contributed by atoms with Gasteiger partial charge in [0, 0.05) is 52.6 Å². The molecule has 1 unspecified atom stereocenters. The topological polar surface area (TPSA) is 54.6 Å². The first kappa shape index (κ1) is 15.8. The smallest absolute Gasteiger partial charge is 0.434 e. The van der Waals surface area contributed by atoms with Gasteiger partial charge in [-0.05, 0) is 41.8 Å². The van der Waals surface area contributed by atoms with E-state index in [0.717, 1.165) is 67.2 Å². The molecule has 146 valence electrons. The first-order valence-electron chi connectivity index (χ1n) is 10.5. The molecule has 0 radical (unpaired) electrons. The predicted molar refractivity (Wildman–Crippen MR) is 123 cm³/mol. The van der Waals surface area contributed by atoms with Crippen molar-refractivity contribution in [1.82, 2.24) is 9.05 Å². The van der Waals surface area contributed by atoms with Crippen LogP contribution in [-0.2, 0) is 12.8 Å². The van der Waals surface area contributed by atoms with Gasteiger partial charge >= 0.3 is 6.09 Å². The highest BCUT2D eigenvalue weighted by Gasteiger charge is 2.58. The molecule has 1 aliphatic carbocycles. The molecule has 4 aliphatic heterocycles. The lowest BCUT2D eigenvalue weighted by Gasteiger charge is -2.34. The van der Waals surface area contributed by atoms with Gasteiger partial charge in [-0.15, -0.1) is 4.48 Å². The Balaban J connectivity index is 1.77. The van der Waals surface area contributed by atoms with Gasteiger partial charge in [0.25, 0.3) is 0 Å². The molecular weight excluding hydrogens is 386 g/mol. The number of allylic oxidation sites excluding steroid dienone is 5. The number of benzene rings is 2. The van der Waals surface area contributed by atoms with Crippen molar-refractivity contribution in [2.24, 2.45) is 4.99 Å². The molecule has 0 saturated heterocycles. The van der Waals surface area contributed by atoms with Gasteiger partial charge in [0.2, 0.25) is 0 Å². The van der Waals surface area contributed by atoms with Crippen molar-refractivity contribution in [3.8, 4) is 11.1 Å². The fraction of sp³-hybridized carbons (Fsp3) is 0.0769. The van der Waals surface area contributed by atoms with E-state index in [4.69, 9.17) is 0 Å². The average molecular weight is 402 g/mol. The van der Waals surface area contributed by atoms with Crippen LogP contribution in [0.15, 0.2) is 53.2 Å². The van der Waals surface area contributed by atoms with Crippen LogP contribution in [0.3, 0.4) is 0 Å². The summed E-state index contributed by atoms with van der Waals surface area (Å²) in [6, 6.07) is 6.32. The van der Waals surface area contributed by atoms with Crippen LogP contribution < -0.4 is 15.1 Å². The predicted octanol–water partition coefficient (Wildman–Crippen LogP) is 3.93. The Labute approximate surface area is 176 Å². The Kier molecular flexibility index (Phi) is 2.47. The molecule has 5 heteroatoms. The minimum Gasteiger partial charge on any atom is -0.434 e. The number of carboxylic acid groups (broad SMARTS) is 1. The van der Waals surface area contributed by atoms with Gasteiger partial charge in [0.05, 0.1) is 11.1 Å². The molecule has 0 saturated carbocycles. The maximum absolute atomic E-state index is 13.2. The highest BCUT2D eigenvalue weighted by atomic mass is 16.4. The Hall–Kier alpha value is -3.96. The van der Waals surface area contributed by atoms with Crippen LogP contribution in [0.5, 0.6) is 0 Å². The van der Waals surface area contributed by atoms with E-state index in [1.54, 1.807) is 0 Å². The van der Waals surface area contributed by atoms with Crippen LogP contribution in [0, 0.1) is 0 Å². The third-order valence-corrected chi connectivity index (χ3v) is 7.41. The Morgan fingerprint density at radius 3 is 3.03 bits per heavy atom. The first-order chi connectivity index (χ1) is 15.2. The number of carbonyl (C=O) groups is 1. The highest BCUT2D eigenvalue weighted by molar-refractivity contribution is 6.21. The van der Waals surface area contributed by atoms with Gasteiger partial charge in [-0.3, -0.25) is 4.99 Å². The number of amides is 1. The molecule has 3 aromatic rings. The summed E-state index contributed by atoms with van der Waals surface area (Å²) in [4.78, 5) is 17.8. The maximum Gasteiger partial charge on any atom is 0.529 e. The fourth-order valence-corrected chi connectivity index (χ4v) is 6.29. The van der Waals surface area contributed by atoms with Gasteiger partial charge < -0.3 is 9.67 Å². The van der Waals surface area contributed by atoms with E-state index < -0.39 is 6.09 Å². The van der Waals surface area contributed by atoms with Crippen molar-refractivity contribution < 1.29 is 9.90 Å². The van der Waals surface area contributed by atoms with Crippen molar-refractivity contribution >= 4 is 53.1 Å². The summed E-state index contributed by atoms with van der Waals surface area (Å²) in [5, 5.41) is 14.2. The molecule has 5 nitrogen and oxygen atoms in total. The summed E-state index contributed by atoms with van der Waals surface area (Å²) in [6.07, 6.45) is 16.9. The van der Waals surface area contributed by atoms with E-state index in [2.05, 4.69) is 52.2 Å². The summed E-state index contributed by atoms with van der Waals surface area (Å²) < 4.78 is 1.95. The molecule has 5 aliphatic rings. The van der Waals surface area contributed by atoms with Crippen LogP contribution in [0.4, 0.5) is 16.2 Å². The summed E-state index contributed by atoms with van der Waals surface area (Å²) in [6.45, 7) is 0. The zero-order valence-corrected chi connectivity index (χ0v) is 16.5. The standard InChI is InChI=1S/C26H15N3O2/c30-26(31)29-15-4-3-9-28-20-6-2-1-5-16(20)22-18-12-27-13-19(18)23(25(29)24(22)28)17-8-7-14(10-15)11-21(17)29/h1-4,6-9,11-13H,5,10H2/p+1/b9-3-,15-4-. The van der Waals surface area contributed by atoms with Gasteiger partial charge in [-0.2, -0.15) is 4.79 Å². The minimum absolute atomic E-state index is 0.239. The number of hydrogen-bond donors (Lipinski definition) is 1. The zero-order chi connectivity index (χ0) is 20.5. The third-order valence-electron chi connectivity index (χ3n) is 7.41. The van der Waals surface area contributed by atoms with Crippen LogP contribution in [0.25, 0.3) is 40.5 Å².